The van der Waals surface area contributed by atoms with Gasteiger partial charge in [-0.1, -0.05) is 24.3 Å². The number of likely N-dealkylation sites (N-methyl/N-ethyl adjacent to an activating group) is 1. The first-order valence-electron chi connectivity index (χ1n) is 11.7. The second kappa shape index (κ2) is 12.4. The lowest BCUT2D eigenvalue weighted by Gasteiger charge is -2.32. The van der Waals surface area contributed by atoms with Crippen molar-refractivity contribution >= 4 is 11.8 Å². The molecule has 0 aromatic heterocycles. The standard InChI is InChI=1S/C26H36N4O4/c1-19(2)28-25(31)18-34-23-9-8-22(15-24(23)33-4)26(32)27-16-20-6-5-7-21(14-20)17-30-12-10-29(3)11-13-30/h5-9,14-15,19H,10-13,16-18H2,1-4H3,(H,27,32)(H,28,31). The molecule has 0 aliphatic carbocycles. The first kappa shape index (κ1) is 25.5. The smallest absolute Gasteiger partial charge is 0.258 e. The van der Waals surface area contributed by atoms with Crippen LogP contribution in [0, 0.1) is 0 Å². The molecule has 2 amide bonds. The molecule has 1 fully saturated rings. The maximum Gasteiger partial charge on any atom is 0.258 e. The van der Waals surface area contributed by atoms with E-state index >= 15 is 0 Å². The van der Waals surface area contributed by atoms with Crippen LogP contribution < -0.4 is 20.1 Å². The van der Waals surface area contributed by atoms with Gasteiger partial charge in [-0.15, -0.1) is 0 Å². The Labute approximate surface area is 202 Å². The predicted octanol–water partition coefficient (Wildman–Crippen LogP) is 2.28. The highest BCUT2D eigenvalue weighted by molar-refractivity contribution is 5.94. The molecule has 0 saturated carbocycles. The molecule has 2 aromatic rings. The molecular weight excluding hydrogens is 432 g/mol. The quantitative estimate of drug-likeness (QED) is 0.557. The normalized spacial score (nSPS) is 14.6. The van der Waals surface area contributed by atoms with Gasteiger partial charge in [0.2, 0.25) is 0 Å². The summed E-state index contributed by atoms with van der Waals surface area (Å²) in [5, 5.41) is 5.74. The fourth-order valence-corrected chi connectivity index (χ4v) is 3.82. The fraction of sp³-hybridized carbons (Fsp3) is 0.462. The molecule has 1 aliphatic rings. The van der Waals surface area contributed by atoms with E-state index in [2.05, 4.69) is 39.6 Å². The van der Waals surface area contributed by atoms with Crippen molar-refractivity contribution in [2.45, 2.75) is 33.0 Å². The number of hydrogen-bond acceptors (Lipinski definition) is 6. The lowest BCUT2D eigenvalue weighted by Crippen LogP contribution is -2.43. The Morgan fingerprint density at radius 3 is 2.44 bits per heavy atom. The SMILES string of the molecule is COc1cc(C(=O)NCc2cccc(CN3CCN(C)CC3)c2)ccc1OCC(=O)NC(C)C. The second-order valence-corrected chi connectivity index (χ2v) is 8.96. The Morgan fingerprint density at radius 2 is 1.74 bits per heavy atom. The molecule has 0 spiro atoms. The largest absolute Gasteiger partial charge is 0.493 e. The van der Waals surface area contributed by atoms with Crippen molar-refractivity contribution in [2.24, 2.45) is 0 Å². The maximum absolute atomic E-state index is 12.7. The number of carbonyl (C=O) groups is 2. The minimum atomic E-state index is -0.214. The summed E-state index contributed by atoms with van der Waals surface area (Å²) in [6.07, 6.45) is 0. The third kappa shape index (κ3) is 7.74. The topological polar surface area (TPSA) is 83.1 Å². The van der Waals surface area contributed by atoms with Crippen molar-refractivity contribution in [3.63, 3.8) is 0 Å². The first-order chi connectivity index (χ1) is 16.3. The van der Waals surface area contributed by atoms with Crippen LogP contribution >= 0.6 is 0 Å². The van der Waals surface area contributed by atoms with Crippen LogP contribution in [0.4, 0.5) is 0 Å². The van der Waals surface area contributed by atoms with E-state index in [-0.39, 0.29) is 24.5 Å². The number of nitrogens with zero attached hydrogens (tertiary/aromatic N) is 2. The molecule has 3 rings (SSSR count). The van der Waals surface area contributed by atoms with Gasteiger partial charge in [-0.05, 0) is 50.2 Å². The monoisotopic (exact) mass is 468 g/mol. The average molecular weight is 469 g/mol. The van der Waals surface area contributed by atoms with Crippen LogP contribution in [0.5, 0.6) is 11.5 Å². The summed E-state index contributed by atoms with van der Waals surface area (Å²) < 4.78 is 10.9. The summed E-state index contributed by atoms with van der Waals surface area (Å²) in [4.78, 5) is 29.4. The number of methoxy groups -OCH3 is 1. The van der Waals surface area contributed by atoms with Gasteiger partial charge in [0.1, 0.15) is 0 Å². The van der Waals surface area contributed by atoms with Gasteiger partial charge in [-0.3, -0.25) is 14.5 Å². The Bertz CT molecular complexity index is 971. The van der Waals surface area contributed by atoms with Crippen LogP contribution in [0.25, 0.3) is 0 Å². The summed E-state index contributed by atoms with van der Waals surface area (Å²) in [5.74, 6) is 0.398. The first-order valence-corrected chi connectivity index (χ1v) is 11.7. The summed E-state index contributed by atoms with van der Waals surface area (Å²) >= 11 is 0. The molecule has 34 heavy (non-hydrogen) atoms. The number of hydrogen-bond donors (Lipinski definition) is 2. The van der Waals surface area contributed by atoms with Crippen molar-refractivity contribution in [2.75, 3.05) is 46.9 Å². The molecule has 0 atom stereocenters. The maximum atomic E-state index is 12.7. The molecule has 8 nitrogen and oxygen atoms in total. The van der Waals surface area contributed by atoms with Crippen LogP contribution in [0.15, 0.2) is 42.5 Å². The highest BCUT2D eigenvalue weighted by Gasteiger charge is 2.15. The fourth-order valence-electron chi connectivity index (χ4n) is 3.82. The minimum Gasteiger partial charge on any atom is -0.493 e. The van der Waals surface area contributed by atoms with Crippen LogP contribution in [0.3, 0.4) is 0 Å². The summed E-state index contributed by atoms with van der Waals surface area (Å²) in [6.45, 7) is 9.33. The summed E-state index contributed by atoms with van der Waals surface area (Å²) in [7, 11) is 3.66. The Hall–Kier alpha value is -3.10. The molecule has 2 N–H and O–H groups in total. The van der Waals surface area contributed by atoms with Crippen LogP contribution in [0.2, 0.25) is 0 Å². The van der Waals surface area contributed by atoms with Gasteiger partial charge in [-0.25, -0.2) is 0 Å². The molecule has 0 radical (unpaired) electrons. The van der Waals surface area contributed by atoms with Crippen molar-refractivity contribution < 1.29 is 19.1 Å². The molecule has 2 aromatic carbocycles. The van der Waals surface area contributed by atoms with Crippen LogP contribution in [-0.2, 0) is 17.9 Å². The van der Waals surface area contributed by atoms with Crippen molar-refractivity contribution in [1.29, 1.82) is 0 Å². The van der Waals surface area contributed by atoms with Gasteiger partial charge in [0.05, 0.1) is 7.11 Å². The van der Waals surface area contributed by atoms with E-state index in [0.717, 1.165) is 38.3 Å². The number of nitrogens with one attached hydrogen (secondary N) is 2. The third-order valence-electron chi connectivity index (χ3n) is 5.68. The van der Waals surface area contributed by atoms with E-state index in [1.165, 1.54) is 12.7 Å². The Balaban J connectivity index is 1.54. The molecule has 184 valence electrons. The highest BCUT2D eigenvalue weighted by Crippen LogP contribution is 2.28. The average Bonchev–Trinajstić information content (AvgIpc) is 2.82. The number of carbonyl (C=O) groups excluding carboxylic acids is 2. The van der Waals surface area contributed by atoms with Crippen LogP contribution in [-0.4, -0.2) is 74.6 Å². The molecule has 1 heterocycles. The van der Waals surface area contributed by atoms with E-state index < -0.39 is 0 Å². The molecule has 8 heteroatoms. The molecule has 0 bridgehead atoms. The van der Waals surface area contributed by atoms with E-state index in [0.29, 0.717) is 23.6 Å². The summed E-state index contributed by atoms with van der Waals surface area (Å²) in [5.41, 5.74) is 2.77. The minimum absolute atomic E-state index is 0.0385. The third-order valence-corrected chi connectivity index (χ3v) is 5.68. The molecule has 1 saturated heterocycles. The van der Waals surface area contributed by atoms with E-state index in [4.69, 9.17) is 9.47 Å². The lowest BCUT2D eigenvalue weighted by molar-refractivity contribution is -0.123. The highest BCUT2D eigenvalue weighted by atomic mass is 16.5. The van der Waals surface area contributed by atoms with Crippen molar-refractivity contribution in [3.05, 3.63) is 59.2 Å². The zero-order chi connectivity index (χ0) is 24.5. The Morgan fingerprint density at radius 1 is 1.00 bits per heavy atom. The van der Waals surface area contributed by atoms with E-state index in [9.17, 15) is 9.59 Å². The summed E-state index contributed by atoms with van der Waals surface area (Å²) in [6, 6.07) is 13.3. The van der Waals surface area contributed by atoms with Crippen molar-refractivity contribution in [3.8, 4) is 11.5 Å². The molecule has 0 unspecified atom stereocenters. The van der Waals surface area contributed by atoms with E-state index in [1.807, 2.05) is 26.0 Å². The number of piperazine rings is 1. The molecular formula is C26H36N4O4. The van der Waals surface area contributed by atoms with Gasteiger partial charge >= 0.3 is 0 Å². The van der Waals surface area contributed by atoms with Gasteiger partial charge in [0, 0.05) is 50.9 Å². The van der Waals surface area contributed by atoms with Crippen LogP contribution in [0.1, 0.15) is 35.3 Å². The number of benzene rings is 2. The lowest BCUT2D eigenvalue weighted by atomic mass is 10.1. The zero-order valence-corrected chi connectivity index (χ0v) is 20.6. The van der Waals surface area contributed by atoms with Gasteiger partial charge in [0.25, 0.3) is 11.8 Å². The van der Waals surface area contributed by atoms with Gasteiger partial charge < -0.3 is 25.0 Å². The van der Waals surface area contributed by atoms with Gasteiger partial charge in [0.15, 0.2) is 18.1 Å². The predicted molar refractivity (Wildman–Crippen MR) is 132 cm³/mol. The van der Waals surface area contributed by atoms with Crippen molar-refractivity contribution in [1.82, 2.24) is 20.4 Å². The number of ether oxygens (including phenoxy) is 2. The van der Waals surface area contributed by atoms with Gasteiger partial charge in [-0.2, -0.15) is 0 Å². The molecule has 1 aliphatic heterocycles. The number of rotatable bonds is 10. The second-order valence-electron chi connectivity index (χ2n) is 8.96. The van der Waals surface area contributed by atoms with E-state index in [1.54, 1.807) is 18.2 Å². The Kier molecular flexibility index (Phi) is 9.30. The number of amides is 2. The zero-order valence-electron chi connectivity index (χ0n) is 20.6.